The van der Waals surface area contributed by atoms with Crippen LogP contribution in [0, 0.1) is 0 Å². The molecule has 0 radical (unpaired) electrons. The Balaban J connectivity index is 1.36. The van der Waals surface area contributed by atoms with Gasteiger partial charge in [-0.3, -0.25) is 4.79 Å². The lowest BCUT2D eigenvalue weighted by molar-refractivity contribution is 0.0933. The number of nitrogens with zero attached hydrogens (tertiary/aromatic N) is 4. The highest BCUT2D eigenvalue weighted by Crippen LogP contribution is 2.20. The predicted octanol–water partition coefficient (Wildman–Crippen LogP) is 3.26. The first-order valence-corrected chi connectivity index (χ1v) is 10.5. The molecule has 1 N–H and O–H groups in total. The smallest absolute Gasteiger partial charge is 0.251 e. The maximum Gasteiger partial charge on any atom is 0.251 e. The summed E-state index contributed by atoms with van der Waals surface area (Å²) in [5.41, 5.74) is 0.710. The number of carbonyl (C=O) groups excluding carboxylic acids is 1. The Bertz CT molecular complexity index is 766. The SMILES string of the molecule is O=C(NC1CCCCCC1)c1ccnc(N2CCN(c3ccccn3)CC2)c1. The Hall–Kier alpha value is -2.63. The molecule has 0 spiro atoms. The van der Waals surface area contributed by atoms with E-state index < -0.39 is 0 Å². The zero-order valence-electron chi connectivity index (χ0n) is 16.4. The Morgan fingerprint density at radius 2 is 1.54 bits per heavy atom. The highest BCUT2D eigenvalue weighted by Gasteiger charge is 2.21. The van der Waals surface area contributed by atoms with Crippen molar-refractivity contribution in [1.29, 1.82) is 0 Å². The fourth-order valence-electron chi connectivity index (χ4n) is 4.13. The summed E-state index contributed by atoms with van der Waals surface area (Å²) in [7, 11) is 0. The molecule has 1 saturated carbocycles. The fraction of sp³-hybridized carbons (Fsp3) is 0.500. The normalized spacial score (nSPS) is 18.6. The Labute approximate surface area is 167 Å². The van der Waals surface area contributed by atoms with Gasteiger partial charge in [-0.15, -0.1) is 0 Å². The zero-order chi connectivity index (χ0) is 19.2. The molecule has 2 aromatic heterocycles. The number of hydrogen-bond donors (Lipinski definition) is 1. The minimum Gasteiger partial charge on any atom is -0.353 e. The predicted molar refractivity (Wildman–Crippen MR) is 112 cm³/mol. The molecule has 0 bridgehead atoms. The number of rotatable bonds is 4. The van der Waals surface area contributed by atoms with Gasteiger partial charge in [0.15, 0.2) is 0 Å². The largest absolute Gasteiger partial charge is 0.353 e. The number of hydrogen-bond acceptors (Lipinski definition) is 5. The molecule has 2 aliphatic rings. The van der Waals surface area contributed by atoms with Gasteiger partial charge < -0.3 is 15.1 Å². The molecule has 6 nitrogen and oxygen atoms in total. The lowest BCUT2D eigenvalue weighted by Gasteiger charge is -2.36. The first-order valence-electron chi connectivity index (χ1n) is 10.5. The van der Waals surface area contributed by atoms with E-state index in [1.165, 1.54) is 25.7 Å². The van der Waals surface area contributed by atoms with E-state index in [9.17, 15) is 4.79 Å². The van der Waals surface area contributed by atoms with Crippen molar-refractivity contribution in [1.82, 2.24) is 15.3 Å². The number of nitrogens with one attached hydrogen (secondary N) is 1. The van der Waals surface area contributed by atoms with E-state index in [1.54, 1.807) is 6.20 Å². The molecule has 1 amide bonds. The van der Waals surface area contributed by atoms with Crippen LogP contribution in [0.3, 0.4) is 0 Å². The molecule has 0 atom stereocenters. The number of pyridine rings is 2. The van der Waals surface area contributed by atoms with E-state index in [1.807, 2.05) is 36.5 Å². The molecule has 0 aromatic carbocycles. The van der Waals surface area contributed by atoms with E-state index in [0.29, 0.717) is 11.6 Å². The number of carbonyl (C=O) groups is 1. The first kappa shape index (κ1) is 18.7. The molecule has 28 heavy (non-hydrogen) atoms. The third-order valence-electron chi connectivity index (χ3n) is 5.78. The topological polar surface area (TPSA) is 61.4 Å². The van der Waals surface area contributed by atoms with Crippen molar-refractivity contribution < 1.29 is 4.79 Å². The molecular weight excluding hydrogens is 350 g/mol. The Morgan fingerprint density at radius 3 is 2.21 bits per heavy atom. The van der Waals surface area contributed by atoms with Crippen molar-refractivity contribution in [3.63, 3.8) is 0 Å². The van der Waals surface area contributed by atoms with Crippen LogP contribution in [0.15, 0.2) is 42.7 Å². The van der Waals surface area contributed by atoms with E-state index in [4.69, 9.17) is 0 Å². The molecule has 1 saturated heterocycles. The van der Waals surface area contributed by atoms with Crippen molar-refractivity contribution in [3.8, 4) is 0 Å². The van der Waals surface area contributed by atoms with E-state index >= 15 is 0 Å². The van der Waals surface area contributed by atoms with Gasteiger partial charge in [0.25, 0.3) is 5.91 Å². The van der Waals surface area contributed by atoms with Crippen LogP contribution in [0.4, 0.5) is 11.6 Å². The Kier molecular flexibility index (Phi) is 6.04. The van der Waals surface area contributed by atoms with Crippen LogP contribution in [0.2, 0.25) is 0 Å². The zero-order valence-corrected chi connectivity index (χ0v) is 16.4. The summed E-state index contributed by atoms with van der Waals surface area (Å²) in [6.45, 7) is 3.54. The molecule has 2 fully saturated rings. The second-order valence-electron chi connectivity index (χ2n) is 7.73. The van der Waals surface area contributed by atoms with Crippen molar-refractivity contribution in [3.05, 3.63) is 48.3 Å². The average molecular weight is 380 g/mol. The molecule has 4 rings (SSSR count). The van der Waals surface area contributed by atoms with Gasteiger partial charge >= 0.3 is 0 Å². The average Bonchev–Trinajstić information content (AvgIpc) is 3.03. The van der Waals surface area contributed by atoms with Crippen LogP contribution in [-0.4, -0.2) is 48.1 Å². The van der Waals surface area contributed by atoms with Crippen molar-refractivity contribution in [2.24, 2.45) is 0 Å². The standard InChI is InChI=1S/C22H29N5O/c28-22(25-19-7-3-1-2-4-8-19)18-10-12-24-21(17-18)27-15-13-26(14-16-27)20-9-5-6-11-23-20/h5-6,9-12,17,19H,1-4,7-8,13-16H2,(H,25,28). The number of amides is 1. The third kappa shape index (κ3) is 4.61. The van der Waals surface area contributed by atoms with Crippen molar-refractivity contribution in [2.75, 3.05) is 36.0 Å². The number of piperazine rings is 1. The number of aromatic nitrogens is 2. The summed E-state index contributed by atoms with van der Waals surface area (Å²) >= 11 is 0. The van der Waals surface area contributed by atoms with Crippen LogP contribution < -0.4 is 15.1 Å². The van der Waals surface area contributed by atoms with Crippen LogP contribution in [-0.2, 0) is 0 Å². The fourth-order valence-corrected chi connectivity index (χ4v) is 4.13. The summed E-state index contributed by atoms with van der Waals surface area (Å²) in [6.07, 6.45) is 10.8. The van der Waals surface area contributed by atoms with Gasteiger partial charge in [0.1, 0.15) is 11.6 Å². The van der Waals surface area contributed by atoms with E-state index in [2.05, 4.69) is 25.1 Å². The molecule has 2 aromatic rings. The summed E-state index contributed by atoms with van der Waals surface area (Å²) in [4.78, 5) is 26.2. The quantitative estimate of drug-likeness (QED) is 0.827. The summed E-state index contributed by atoms with van der Waals surface area (Å²) < 4.78 is 0. The first-order chi connectivity index (χ1) is 13.8. The van der Waals surface area contributed by atoms with Gasteiger partial charge in [-0.1, -0.05) is 31.7 Å². The minimum absolute atomic E-state index is 0.0303. The second kappa shape index (κ2) is 9.04. The molecule has 0 unspecified atom stereocenters. The lowest BCUT2D eigenvalue weighted by atomic mass is 10.1. The van der Waals surface area contributed by atoms with Gasteiger partial charge in [-0.05, 0) is 37.1 Å². The van der Waals surface area contributed by atoms with Crippen molar-refractivity contribution in [2.45, 2.75) is 44.6 Å². The maximum absolute atomic E-state index is 12.7. The van der Waals surface area contributed by atoms with E-state index in [-0.39, 0.29) is 5.91 Å². The number of anilines is 2. The van der Waals surface area contributed by atoms with Gasteiger partial charge in [-0.2, -0.15) is 0 Å². The summed E-state index contributed by atoms with van der Waals surface area (Å²) in [5.74, 6) is 1.93. The monoisotopic (exact) mass is 379 g/mol. The maximum atomic E-state index is 12.7. The molecule has 3 heterocycles. The highest BCUT2D eigenvalue weighted by atomic mass is 16.1. The van der Waals surface area contributed by atoms with Crippen LogP contribution in [0.25, 0.3) is 0 Å². The van der Waals surface area contributed by atoms with Crippen molar-refractivity contribution >= 4 is 17.5 Å². The molecule has 1 aliphatic heterocycles. The van der Waals surface area contributed by atoms with Gasteiger partial charge in [0.05, 0.1) is 0 Å². The molecule has 148 valence electrons. The third-order valence-corrected chi connectivity index (χ3v) is 5.78. The minimum atomic E-state index is 0.0303. The van der Waals surface area contributed by atoms with Gasteiger partial charge in [-0.25, -0.2) is 9.97 Å². The highest BCUT2D eigenvalue weighted by molar-refractivity contribution is 5.95. The molecular formula is C22H29N5O. The summed E-state index contributed by atoms with van der Waals surface area (Å²) in [5, 5.41) is 3.23. The van der Waals surface area contributed by atoms with Gasteiger partial charge in [0, 0.05) is 50.2 Å². The van der Waals surface area contributed by atoms with E-state index in [0.717, 1.165) is 50.7 Å². The molecule has 6 heteroatoms. The van der Waals surface area contributed by atoms with Crippen LogP contribution in [0.5, 0.6) is 0 Å². The van der Waals surface area contributed by atoms with Crippen LogP contribution >= 0.6 is 0 Å². The van der Waals surface area contributed by atoms with Gasteiger partial charge in [0.2, 0.25) is 0 Å². The second-order valence-corrected chi connectivity index (χ2v) is 7.73. The van der Waals surface area contributed by atoms with Crippen LogP contribution in [0.1, 0.15) is 48.9 Å². The Morgan fingerprint density at radius 1 is 0.857 bits per heavy atom. The summed E-state index contributed by atoms with van der Waals surface area (Å²) in [6, 6.07) is 10.1. The lowest BCUT2D eigenvalue weighted by Crippen LogP contribution is -2.47. The molecule has 1 aliphatic carbocycles.